The second-order valence-electron chi connectivity index (χ2n) is 4.00. The fourth-order valence-corrected chi connectivity index (χ4v) is 2.49. The highest BCUT2D eigenvalue weighted by atomic mass is 32.1. The molecule has 0 aromatic carbocycles. The summed E-state index contributed by atoms with van der Waals surface area (Å²) in [6.45, 7) is 1.97. The number of ether oxygens (including phenoxy) is 1. The first-order chi connectivity index (χ1) is 9.67. The van der Waals surface area contributed by atoms with Gasteiger partial charge in [0.05, 0.1) is 17.7 Å². The Morgan fingerprint density at radius 3 is 2.85 bits per heavy atom. The highest BCUT2D eigenvalue weighted by Crippen LogP contribution is 2.33. The number of nitrogens with two attached hydrogens (primary N) is 1. The van der Waals surface area contributed by atoms with Crippen molar-refractivity contribution in [3.05, 3.63) is 23.3 Å². The van der Waals surface area contributed by atoms with Crippen molar-refractivity contribution >= 4 is 16.3 Å². The molecule has 3 rings (SSSR count). The minimum atomic E-state index is 0.365. The average molecular weight is 289 g/mol. The van der Waals surface area contributed by atoms with E-state index in [0.29, 0.717) is 28.3 Å². The van der Waals surface area contributed by atoms with Crippen molar-refractivity contribution in [3.63, 3.8) is 0 Å². The number of nitrogens with zero attached hydrogens (tertiary/aromatic N) is 4. The number of hydrogen-bond acceptors (Lipinski definition) is 8. The Balaban J connectivity index is 1.99. The quantitative estimate of drug-likeness (QED) is 0.788. The van der Waals surface area contributed by atoms with Crippen LogP contribution in [-0.2, 0) is 0 Å². The van der Waals surface area contributed by atoms with E-state index in [-0.39, 0.29) is 0 Å². The van der Waals surface area contributed by atoms with E-state index in [1.54, 1.807) is 6.07 Å². The molecule has 0 atom stereocenters. The molecule has 3 aromatic heterocycles. The van der Waals surface area contributed by atoms with Crippen molar-refractivity contribution in [1.82, 2.24) is 20.1 Å². The predicted molar refractivity (Wildman–Crippen MR) is 74.3 cm³/mol. The molecule has 3 aromatic rings. The van der Waals surface area contributed by atoms with Gasteiger partial charge < -0.3 is 15.0 Å². The van der Waals surface area contributed by atoms with E-state index >= 15 is 0 Å². The van der Waals surface area contributed by atoms with Crippen LogP contribution in [0.3, 0.4) is 0 Å². The van der Waals surface area contributed by atoms with Crippen LogP contribution in [0.4, 0.5) is 5.00 Å². The third-order valence-corrected chi connectivity index (χ3v) is 3.50. The van der Waals surface area contributed by atoms with Gasteiger partial charge in [-0.3, -0.25) is 0 Å². The molecule has 8 heteroatoms. The standard InChI is InChI=1S/C12H11N5O2S/c1-6-3-7(10(13)20-6)12-16-11(17-19-12)8-4-9(18-2)15-5-14-8/h3-5H,13H2,1-2H3. The fraction of sp³-hybridized carbons (Fsp3) is 0.167. The Kier molecular flexibility index (Phi) is 3.07. The molecule has 20 heavy (non-hydrogen) atoms. The van der Waals surface area contributed by atoms with Crippen molar-refractivity contribution in [1.29, 1.82) is 0 Å². The Morgan fingerprint density at radius 2 is 2.15 bits per heavy atom. The highest BCUT2D eigenvalue weighted by molar-refractivity contribution is 7.16. The maximum atomic E-state index is 5.91. The number of thiophene rings is 1. The summed E-state index contributed by atoms with van der Waals surface area (Å²) >= 11 is 1.48. The minimum Gasteiger partial charge on any atom is -0.481 e. The van der Waals surface area contributed by atoms with Crippen LogP contribution < -0.4 is 10.5 Å². The van der Waals surface area contributed by atoms with Crippen LogP contribution in [0, 0.1) is 6.92 Å². The van der Waals surface area contributed by atoms with Crippen molar-refractivity contribution in [2.45, 2.75) is 6.92 Å². The van der Waals surface area contributed by atoms with Crippen molar-refractivity contribution in [3.8, 4) is 28.9 Å². The van der Waals surface area contributed by atoms with E-state index in [2.05, 4.69) is 20.1 Å². The van der Waals surface area contributed by atoms with Crippen LogP contribution in [-0.4, -0.2) is 27.2 Å². The molecular weight excluding hydrogens is 278 g/mol. The third kappa shape index (κ3) is 2.21. The smallest absolute Gasteiger partial charge is 0.261 e. The Bertz CT molecular complexity index is 752. The van der Waals surface area contributed by atoms with Crippen LogP contribution in [0.5, 0.6) is 5.88 Å². The minimum absolute atomic E-state index is 0.365. The van der Waals surface area contributed by atoms with E-state index in [4.69, 9.17) is 15.0 Å². The summed E-state index contributed by atoms with van der Waals surface area (Å²) in [6.07, 6.45) is 1.38. The van der Waals surface area contributed by atoms with E-state index in [9.17, 15) is 0 Å². The molecule has 3 heterocycles. The zero-order chi connectivity index (χ0) is 14.1. The van der Waals surface area contributed by atoms with Gasteiger partial charge in [0.1, 0.15) is 12.0 Å². The lowest BCUT2D eigenvalue weighted by atomic mass is 10.3. The largest absolute Gasteiger partial charge is 0.481 e. The maximum absolute atomic E-state index is 5.91. The molecule has 0 aliphatic heterocycles. The Labute approximate surface area is 118 Å². The van der Waals surface area contributed by atoms with Gasteiger partial charge in [0.2, 0.25) is 11.7 Å². The normalized spacial score (nSPS) is 10.7. The fourth-order valence-electron chi connectivity index (χ4n) is 1.71. The average Bonchev–Trinajstić information content (AvgIpc) is 3.05. The number of hydrogen-bond donors (Lipinski definition) is 1. The van der Waals surface area contributed by atoms with Gasteiger partial charge in [-0.05, 0) is 13.0 Å². The van der Waals surface area contributed by atoms with Crippen molar-refractivity contribution < 1.29 is 9.26 Å². The zero-order valence-corrected chi connectivity index (χ0v) is 11.6. The van der Waals surface area contributed by atoms with Gasteiger partial charge in [-0.2, -0.15) is 4.98 Å². The first-order valence-corrected chi connectivity index (χ1v) is 6.55. The van der Waals surface area contributed by atoms with Crippen LogP contribution in [0.25, 0.3) is 23.0 Å². The molecule has 0 bridgehead atoms. The molecule has 2 N–H and O–H groups in total. The summed E-state index contributed by atoms with van der Waals surface area (Å²) in [7, 11) is 1.53. The first-order valence-electron chi connectivity index (χ1n) is 5.74. The molecule has 0 aliphatic carbocycles. The molecule has 0 aliphatic rings. The van der Waals surface area contributed by atoms with Crippen LogP contribution in [0.1, 0.15) is 4.88 Å². The van der Waals surface area contributed by atoms with Crippen molar-refractivity contribution in [2.24, 2.45) is 0 Å². The zero-order valence-electron chi connectivity index (χ0n) is 10.8. The lowest BCUT2D eigenvalue weighted by Crippen LogP contribution is -1.92. The molecule has 0 saturated heterocycles. The summed E-state index contributed by atoms with van der Waals surface area (Å²) in [5.41, 5.74) is 7.18. The number of aryl methyl sites for hydroxylation is 1. The maximum Gasteiger partial charge on any atom is 0.261 e. The second kappa shape index (κ2) is 4.89. The summed E-state index contributed by atoms with van der Waals surface area (Å²) in [6, 6.07) is 3.55. The predicted octanol–water partition coefficient (Wildman–Crippen LogP) is 2.15. The molecule has 0 saturated carbocycles. The van der Waals surface area contributed by atoms with Gasteiger partial charge in [-0.1, -0.05) is 5.16 Å². The second-order valence-corrected chi connectivity index (χ2v) is 5.29. The molecule has 0 fully saturated rings. The van der Waals surface area contributed by atoms with Gasteiger partial charge >= 0.3 is 0 Å². The number of aromatic nitrogens is 4. The highest BCUT2D eigenvalue weighted by Gasteiger charge is 2.16. The summed E-state index contributed by atoms with van der Waals surface area (Å²) in [5, 5.41) is 4.56. The monoisotopic (exact) mass is 289 g/mol. The van der Waals surface area contributed by atoms with Crippen LogP contribution in [0.2, 0.25) is 0 Å². The molecule has 0 amide bonds. The third-order valence-electron chi connectivity index (χ3n) is 2.62. The summed E-state index contributed by atoms with van der Waals surface area (Å²) in [4.78, 5) is 13.4. The van der Waals surface area contributed by atoms with Crippen LogP contribution >= 0.6 is 11.3 Å². The van der Waals surface area contributed by atoms with Gasteiger partial charge in [0.25, 0.3) is 5.89 Å². The molecule has 0 unspecified atom stereocenters. The van der Waals surface area contributed by atoms with E-state index in [0.717, 1.165) is 10.4 Å². The van der Waals surface area contributed by atoms with Gasteiger partial charge in [-0.15, -0.1) is 11.3 Å². The van der Waals surface area contributed by atoms with Crippen molar-refractivity contribution in [2.75, 3.05) is 12.8 Å². The summed E-state index contributed by atoms with van der Waals surface area (Å²) in [5.74, 6) is 1.18. The lowest BCUT2D eigenvalue weighted by Gasteiger charge is -1.97. The molecular formula is C12H11N5O2S. The topological polar surface area (TPSA) is 100.0 Å². The Hall–Kier alpha value is -2.48. The van der Waals surface area contributed by atoms with E-state index in [1.807, 2.05) is 13.0 Å². The number of nitrogen functional groups attached to an aromatic ring is 1. The molecule has 0 radical (unpaired) electrons. The number of anilines is 1. The Morgan fingerprint density at radius 1 is 1.30 bits per heavy atom. The number of methoxy groups -OCH3 is 1. The first kappa shape index (κ1) is 12.5. The molecule has 0 spiro atoms. The van der Waals surface area contributed by atoms with E-state index in [1.165, 1.54) is 24.8 Å². The van der Waals surface area contributed by atoms with Gasteiger partial charge in [-0.25, -0.2) is 9.97 Å². The molecule has 7 nitrogen and oxygen atoms in total. The van der Waals surface area contributed by atoms with Crippen LogP contribution in [0.15, 0.2) is 23.0 Å². The van der Waals surface area contributed by atoms with E-state index < -0.39 is 0 Å². The summed E-state index contributed by atoms with van der Waals surface area (Å²) < 4.78 is 10.3. The van der Waals surface area contributed by atoms with Gasteiger partial charge in [0, 0.05) is 10.9 Å². The lowest BCUT2D eigenvalue weighted by molar-refractivity contribution is 0.397. The SMILES string of the molecule is COc1cc(-c2noc(-c3cc(C)sc3N)n2)ncn1. The van der Waals surface area contributed by atoms with Gasteiger partial charge in [0.15, 0.2) is 0 Å². The number of rotatable bonds is 3. The molecule has 102 valence electrons.